The first-order chi connectivity index (χ1) is 8.28. The molecule has 0 fully saturated rings. The second-order valence-electron chi connectivity index (χ2n) is 5.33. The van der Waals surface area contributed by atoms with Crippen molar-refractivity contribution in [2.45, 2.75) is 40.2 Å². The van der Waals surface area contributed by atoms with Crippen LogP contribution in [-0.4, -0.2) is 23.2 Å². The van der Waals surface area contributed by atoms with E-state index < -0.39 is 11.7 Å². The molecule has 0 saturated heterocycles. The van der Waals surface area contributed by atoms with E-state index in [9.17, 15) is 4.79 Å². The Morgan fingerprint density at radius 3 is 2.61 bits per heavy atom. The molecule has 1 aromatic rings. The second kappa shape index (κ2) is 5.76. The van der Waals surface area contributed by atoms with Crippen LogP contribution in [-0.2, 0) is 4.74 Å². The van der Waals surface area contributed by atoms with Crippen LogP contribution in [0.1, 0.15) is 37.7 Å². The fraction of sp³-hybridized carbons (Fsp3) is 0.500. The summed E-state index contributed by atoms with van der Waals surface area (Å²) in [4.78, 5) is 14.6. The van der Waals surface area contributed by atoms with Gasteiger partial charge in [-0.3, -0.25) is 0 Å². The van der Waals surface area contributed by atoms with Crippen molar-refractivity contribution in [3.8, 4) is 0 Å². The van der Waals surface area contributed by atoms with E-state index in [0.717, 1.165) is 11.4 Å². The van der Waals surface area contributed by atoms with Gasteiger partial charge in [-0.15, -0.1) is 0 Å². The third-order valence-corrected chi connectivity index (χ3v) is 2.24. The predicted molar refractivity (Wildman–Crippen MR) is 73.5 cm³/mol. The zero-order valence-electron chi connectivity index (χ0n) is 11.8. The van der Waals surface area contributed by atoms with Crippen molar-refractivity contribution in [1.29, 1.82) is 0 Å². The Kier molecular flexibility index (Phi) is 4.59. The molecule has 4 nitrogen and oxygen atoms in total. The van der Waals surface area contributed by atoms with Gasteiger partial charge >= 0.3 is 6.09 Å². The Hall–Kier alpha value is -1.71. The summed E-state index contributed by atoms with van der Waals surface area (Å²) < 4.78 is 5.13. The van der Waals surface area contributed by atoms with Crippen molar-refractivity contribution in [1.82, 2.24) is 10.3 Å². The number of hydrogen-bond acceptors (Lipinski definition) is 2. The Labute approximate surface area is 108 Å². The summed E-state index contributed by atoms with van der Waals surface area (Å²) >= 11 is 0. The zero-order valence-corrected chi connectivity index (χ0v) is 11.8. The number of ether oxygens (including phenoxy) is 1. The van der Waals surface area contributed by atoms with Gasteiger partial charge in [-0.2, -0.15) is 0 Å². The summed E-state index contributed by atoms with van der Waals surface area (Å²) in [6.45, 7) is 10.0. The number of amides is 1. The summed E-state index contributed by atoms with van der Waals surface area (Å²) in [5, 5.41) is 2.67. The van der Waals surface area contributed by atoms with Crippen LogP contribution in [0.2, 0.25) is 0 Å². The molecular weight excluding hydrogens is 228 g/mol. The molecule has 1 rings (SSSR count). The Morgan fingerprint density at radius 1 is 1.44 bits per heavy atom. The summed E-state index contributed by atoms with van der Waals surface area (Å²) in [7, 11) is 0. The number of aryl methyl sites for hydroxylation is 2. The maximum absolute atomic E-state index is 11.4. The standard InChI is InChI=1S/C14H22N2O2/c1-10-9-11(2)16-12(10)7-6-8-15-13(17)18-14(3,4)5/h6-7,9,16H,8H2,1-5H3,(H,15,17). The van der Waals surface area contributed by atoms with Crippen molar-refractivity contribution >= 4 is 12.2 Å². The van der Waals surface area contributed by atoms with Gasteiger partial charge in [-0.1, -0.05) is 6.08 Å². The van der Waals surface area contributed by atoms with Crippen molar-refractivity contribution in [2.24, 2.45) is 0 Å². The predicted octanol–water partition coefficient (Wildman–Crippen LogP) is 3.17. The number of hydrogen-bond donors (Lipinski definition) is 2. The molecule has 18 heavy (non-hydrogen) atoms. The van der Waals surface area contributed by atoms with Crippen LogP contribution in [0.4, 0.5) is 4.79 Å². The van der Waals surface area contributed by atoms with E-state index >= 15 is 0 Å². The quantitative estimate of drug-likeness (QED) is 0.865. The normalized spacial score (nSPS) is 11.8. The molecule has 1 heterocycles. The average molecular weight is 250 g/mol. The highest BCUT2D eigenvalue weighted by Gasteiger charge is 2.14. The van der Waals surface area contributed by atoms with Crippen LogP contribution in [0.5, 0.6) is 0 Å². The van der Waals surface area contributed by atoms with Crippen molar-refractivity contribution < 1.29 is 9.53 Å². The van der Waals surface area contributed by atoms with Gasteiger partial charge in [0, 0.05) is 17.9 Å². The molecule has 1 amide bonds. The molecule has 0 unspecified atom stereocenters. The van der Waals surface area contributed by atoms with Gasteiger partial charge in [0.25, 0.3) is 0 Å². The molecule has 0 atom stereocenters. The first kappa shape index (κ1) is 14.4. The van der Waals surface area contributed by atoms with Gasteiger partial charge in [0.15, 0.2) is 0 Å². The first-order valence-corrected chi connectivity index (χ1v) is 6.07. The van der Waals surface area contributed by atoms with Gasteiger partial charge in [0.1, 0.15) is 5.60 Å². The van der Waals surface area contributed by atoms with Crippen molar-refractivity contribution in [3.63, 3.8) is 0 Å². The maximum Gasteiger partial charge on any atom is 0.407 e. The number of carbonyl (C=O) groups is 1. The molecule has 0 spiro atoms. The van der Waals surface area contributed by atoms with Crippen LogP contribution < -0.4 is 5.32 Å². The van der Waals surface area contributed by atoms with Gasteiger partial charge < -0.3 is 15.0 Å². The molecule has 0 aromatic carbocycles. The third kappa shape index (κ3) is 5.08. The summed E-state index contributed by atoms with van der Waals surface area (Å²) in [6, 6.07) is 2.08. The van der Waals surface area contributed by atoms with Crippen LogP contribution in [0.25, 0.3) is 6.08 Å². The largest absolute Gasteiger partial charge is 0.444 e. The molecule has 0 aliphatic rings. The zero-order chi connectivity index (χ0) is 13.8. The van der Waals surface area contributed by atoms with E-state index in [-0.39, 0.29) is 0 Å². The van der Waals surface area contributed by atoms with Crippen LogP contribution >= 0.6 is 0 Å². The van der Waals surface area contributed by atoms with E-state index in [1.165, 1.54) is 5.56 Å². The molecule has 4 heteroatoms. The second-order valence-corrected chi connectivity index (χ2v) is 5.33. The minimum absolute atomic E-state index is 0.397. The van der Waals surface area contributed by atoms with E-state index in [4.69, 9.17) is 4.74 Å². The van der Waals surface area contributed by atoms with Gasteiger partial charge in [-0.05, 0) is 52.3 Å². The Balaban J connectivity index is 2.38. The van der Waals surface area contributed by atoms with Crippen LogP contribution in [0.3, 0.4) is 0 Å². The lowest BCUT2D eigenvalue weighted by atomic mass is 10.2. The molecular formula is C14H22N2O2. The minimum atomic E-state index is -0.457. The SMILES string of the molecule is Cc1cc(C)c(C=CCNC(=O)OC(C)(C)C)[nH]1. The monoisotopic (exact) mass is 250 g/mol. The highest BCUT2D eigenvalue weighted by atomic mass is 16.6. The fourth-order valence-electron chi connectivity index (χ4n) is 1.56. The van der Waals surface area contributed by atoms with E-state index in [0.29, 0.717) is 6.54 Å². The van der Waals surface area contributed by atoms with E-state index in [1.54, 1.807) is 0 Å². The van der Waals surface area contributed by atoms with Crippen LogP contribution in [0, 0.1) is 13.8 Å². The number of alkyl carbamates (subject to hydrolysis) is 1. The molecule has 2 N–H and O–H groups in total. The van der Waals surface area contributed by atoms with E-state index in [2.05, 4.69) is 16.4 Å². The number of H-pyrrole nitrogens is 1. The highest BCUT2D eigenvalue weighted by molar-refractivity contribution is 5.68. The van der Waals surface area contributed by atoms with Gasteiger partial charge in [0.05, 0.1) is 0 Å². The molecule has 0 radical (unpaired) electrons. The highest BCUT2D eigenvalue weighted by Crippen LogP contribution is 2.10. The molecule has 0 aliphatic carbocycles. The summed E-state index contributed by atoms with van der Waals surface area (Å²) in [6.07, 6.45) is 3.45. The number of nitrogens with one attached hydrogen (secondary N) is 2. The molecule has 0 aliphatic heterocycles. The minimum Gasteiger partial charge on any atom is -0.444 e. The van der Waals surface area contributed by atoms with Crippen molar-refractivity contribution in [3.05, 3.63) is 29.1 Å². The first-order valence-electron chi connectivity index (χ1n) is 6.07. The molecule has 1 aromatic heterocycles. The Morgan fingerprint density at radius 2 is 2.11 bits per heavy atom. The average Bonchev–Trinajstić information content (AvgIpc) is 2.49. The fourth-order valence-corrected chi connectivity index (χ4v) is 1.56. The van der Waals surface area contributed by atoms with Gasteiger partial charge in [-0.25, -0.2) is 4.79 Å². The van der Waals surface area contributed by atoms with Crippen molar-refractivity contribution in [2.75, 3.05) is 6.54 Å². The lowest BCUT2D eigenvalue weighted by Gasteiger charge is -2.19. The third-order valence-electron chi connectivity index (χ3n) is 2.24. The molecule has 100 valence electrons. The lowest BCUT2D eigenvalue weighted by Crippen LogP contribution is -2.32. The van der Waals surface area contributed by atoms with Gasteiger partial charge in [0.2, 0.25) is 0 Å². The number of rotatable bonds is 3. The maximum atomic E-state index is 11.4. The molecule has 0 bridgehead atoms. The molecule has 0 saturated carbocycles. The number of aromatic amines is 1. The number of carbonyl (C=O) groups excluding carboxylic acids is 1. The Bertz CT molecular complexity index is 439. The topological polar surface area (TPSA) is 54.1 Å². The summed E-state index contributed by atoms with van der Waals surface area (Å²) in [5.41, 5.74) is 2.94. The van der Waals surface area contributed by atoms with E-state index in [1.807, 2.05) is 46.8 Å². The summed E-state index contributed by atoms with van der Waals surface area (Å²) in [5.74, 6) is 0. The smallest absolute Gasteiger partial charge is 0.407 e. The van der Waals surface area contributed by atoms with Crippen LogP contribution in [0.15, 0.2) is 12.1 Å². The number of aromatic nitrogens is 1. The lowest BCUT2D eigenvalue weighted by molar-refractivity contribution is 0.0534.